The van der Waals surface area contributed by atoms with Crippen molar-refractivity contribution in [2.45, 2.75) is 38.1 Å². The number of hydrogen-bond acceptors (Lipinski definition) is 6. The maximum Gasteiger partial charge on any atom is 0.336 e. The Morgan fingerprint density at radius 3 is 2.50 bits per heavy atom. The molecule has 38 heavy (non-hydrogen) atoms. The topological polar surface area (TPSA) is 118 Å². The van der Waals surface area contributed by atoms with E-state index in [9.17, 15) is 18.0 Å². The SMILES string of the molecule is Cc1ccc(S(=O)(=O)NC(Cc2c[nH]c3ccccc23)C(=O)Oc2ccc3c(C)cc(=O)oc3c2C)cc1. The van der Waals surface area contributed by atoms with E-state index in [0.29, 0.717) is 11.1 Å². The van der Waals surface area contributed by atoms with Gasteiger partial charge >= 0.3 is 11.6 Å². The minimum atomic E-state index is -4.05. The predicted molar refractivity (Wildman–Crippen MR) is 145 cm³/mol. The maximum absolute atomic E-state index is 13.5. The summed E-state index contributed by atoms with van der Waals surface area (Å²) in [7, 11) is -4.05. The van der Waals surface area contributed by atoms with Crippen LogP contribution in [0.25, 0.3) is 21.9 Å². The summed E-state index contributed by atoms with van der Waals surface area (Å²) in [5.74, 6) is -0.613. The first-order valence-corrected chi connectivity index (χ1v) is 13.5. The van der Waals surface area contributed by atoms with Crippen molar-refractivity contribution in [2.24, 2.45) is 0 Å². The van der Waals surface area contributed by atoms with Gasteiger partial charge in [-0.05, 0) is 62.2 Å². The van der Waals surface area contributed by atoms with Crippen LogP contribution >= 0.6 is 0 Å². The second kappa shape index (κ2) is 9.92. The van der Waals surface area contributed by atoms with Crippen molar-refractivity contribution in [3.63, 3.8) is 0 Å². The number of benzene rings is 3. The van der Waals surface area contributed by atoms with Crippen molar-refractivity contribution in [1.82, 2.24) is 9.71 Å². The molecule has 0 amide bonds. The quantitative estimate of drug-likeness (QED) is 0.179. The summed E-state index contributed by atoms with van der Waals surface area (Å²) >= 11 is 0. The predicted octanol–water partition coefficient (Wildman–Crippen LogP) is 4.69. The normalized spacial score (nSPS) is 12.6. The number of ether oxygens (including phenoxy) is 1. The highest BCUT2D eigenvalue weighted by Gasteiger charge is 2.29. The second-order valence-electron chi connectivity index (χ2n) is 9.29. The van der Waals surface area contributed by atoms with E-state index in [2.05, 4.69) is 9.71 Å². The number of sulfonamides is 1. The zero-order valence-electron chi connectivity index (χ0n) is 21.1. The van der Waals surface area contributed by atoms with Gasteiger partial charge in [-0.25, -0.2) is 18.0 Å². The van der Waals surface area contributed by atoms with E-state index in [0.717, 1.165) is 33.0 Å². The number of para-hydroxylation sites is 1. The van der Waals surface area contributed by atoms with Crippen molar-refractivity contribution < 1.29 is 22.4 Å². The van der Waals surface area contributed by atoms with Gasteiger partial charge in [0.05, 0.1) is 4.90 Å². The molecule has 1 unspecified atom stereocenters. The van der Waals surface area contributed by atoms with Crippen molar-refractivity contribution in [3.8, 4) is 5.75 Å². The smallest absolute Gasteiger partial charge is 0.336 e. The van der Waals surface area contributed by atoms with Crippen LogP contribution < -0.4 is 15.1 Å². The third kappa shape index (κ3) is 4.98. The maximum atomic E-state index is 13.5. The lowest BCUT2D eigenvalue weighted by Crippen LogP contribution is -2.44. The van der Waals surface area contributed by atoms with Crippen LogP contribution in [0.4, 0.5) is 0 Å². The summed E-state index contributed by atoms with van der Waals surface area (Å²) in [4.78, 5) is 28.6. The molecule has 2 aromatic heterocycles. The molecule has 0 saturated heterocycles. The average molecular weight is 531 g/mol. The van der Waals surface area contributed by atoms with E-state index in [1.807, 2.05) is 31.2 Å². The number of carbonyl (C=O) groups is 1. The molecule has 1 atom stereocenters. The summed E-state index contributed by atoms with van der Waals surface area (Å²) in [5, 5.41) is 1.59. The van der Waals surface area contributed by atoms with Gasteiger partial charge in [-0.15, -0.1) is 0 Å². The Morgan fingerprint density at radius 1 is 1.00 bits per heavy atom. The number of nitrogens with one attached hydrogen (secondary N) is 2. The van der Waals surface area contributed by atoms with Crippen molar-refractivity contribution in [1.29, 1.82) is 0 Å². The Kier molecular flexibility index (Phi) is 6.64. The fourth-order valence-corrected chi connectivity index (χ4v) is 5.64. The van der Waals surface area contributed by atoms with Crippen molar-refractivity contribution in [3.05, 3.63) is 106 Å². The molecule has 3 aromatic carbocycles. The third-order valence-corrected chi connectivity index (χ3v) is 8.03. The Hall–Kier alpha value is -4.21. The van der Waals surface area contributed by atoms with Crippen molar-refractivity contribution in [2.75, 3.05) is 0 Å². The zero-order chi connectivity index (χ0) is 27.0. The van der Waals surface area contributed by atoms with Crippen LogP contribution in [-0.4, -0.2) is 25.4 Å². The number of aromatic nitrogens is 1. The lowest BCUT2D eigenvalue weighted by molar-refractivity contribution is -0.136. The van der Waals surface area contributed by atoms with Gasteiger partial charge < -0.3 is 14.1 Å². The number of aryl methyl sites for hydroxylation is 3. The van der Waals surface area contributed by atoms with E-state index in [1.54, 1.807) is 44.3 Å². The van der Waals surface area contributed by atoms with Crippen LogP contribution in [0.2, 0.25) is 0 Å². The van der Waals surface area contributed by atoms with Crippen LogP contribution in [0.3, 0.4) is 0 Å². The summed E-state index contributed by atoms with van der Waals surface area (Å²) in [5.41, 5.74) is 3.53. The number of esters is 1. The van der Waals surface area contributed by atoms with Gasteiger partial charge in [-0.2, -0.15) is 4.72 Å². The van der Waals surface area contributed by atoms with Crippen LogP contribution in [0, 0.1) is 20.8 Å². The standard InChI is InChI=1S/C29H26N2O6S/c1-17-8-10-21(11-9-17)38(34,35)31-25(15-20-16-30-24-7-5-4-6-23(20)24)29(33)36-26-13-12-22-18(2)14-27(32)37-28(22)19(26)3/h4-14,16,25,30-31H,15H2,1-3H3. The molecule has 9 heteroatoms. The molecule has 194 valence electrons. The van der Waals surface area contributed by atoms with E-state index in [1.165, 1.54) is 18.2 Å². The molecule has 0 saturated carbocycles. The Labute approximate surface area is 219 Å². The van der Waals surface area contributed by atoms with E-state index >= 15 is 0 Å². The van der Waals surface area contributed by atoms with Crippen LogP contribution in [0.1, 0.15) is 22.3 Å². The number of fused-ring (bicyclic) bond motifs is 2. The third-order valence-electron chi connectivity index (χ3n) is 6.54. The summed E-state index contributed by atoms with van der Waals surface area (Å²) in [6, 6.07) is 17.4. The van der Waals surface area contributed by atoms with E-state index in [4.69, 9.17) is 9.15 Å². The van der Waals surface area contributed by atoms with Crippen molar-refractivity contribution >= 4 is 37.9 Å². The first-order chi connectivity index (χ1) is 18.1. The molecule has 0 aliphatic carbocycles. The van der Waals surface area contributed by atoms with Crippen LogP contribution in [0.15, 0.2) is 87.0 Å². The van der Waals surface area contributed by atoms with Crippen LogP contribution in [0.5, 0.6) is 5.75 Å². The fraction of sp³-hybridized carbons (Fsp3) is 0.172. The first kappa shape index (κ1) is 25.4. The van der Waals surface area contributed by atoms with Gasteiger partial charge in [0.25, 0.3) is 0 Å². The number of H-pyrrole nitrogens is 1. The molecular formula is C29H26N2O6S. The van der Waals surface area contributed by atoms with Gasteiger partial charge in [-0.1, -0.05) is 35.9 Å². The van der Waals surface area contributed by atoms with Gasteiger partial charge in [0.15, 0.2) is 0 Å². The molecule has 0 aliphatic rings. The number of carbonyl (C=O) groups excluding carboxylic acids is 1. The lowest BCUT2D eigenvalue weighted by Gasteiger charge is -2.19. The molecule has 0 aliphatic heterocycles. The minimum Gasteiger partial charge on any atom is -0.425 e. The molecule has 5 aromatic rings. The summed E-state index contributed by atoms with van der Waals surface area (Å²) in [6.07, 6.45) is 1.80. The highest BCUT2D eigenvalue weighted by atomic mass is 32.2. The molecule has 0 fully saturated rings. The molecule has 0 spiro atoms. The van der Waals surface area contributed by atoms with Gasteiger partial charge in [-0.3, -0.25) is 0 Å². The summed E-state index contributed by atoms with van der Waals surface area (Å²) < 4.78 is 40.1. The molecular weight excluding hydrogens is 504 g/mol. The summed E-state index contributed by atoms with van der Waals surface area (Å²) in [6.45, 7) is 5.33. The first-order valence-electron chi connectivity index (χ1n) is 12.0. The number of aromatic amines is 1. The van der Waals surface area contributed by atoms with Gasteiger partial charge in [0, 0.05) is 40.5 Å². The average Bonchev–Trinajstić information content (AvgIpc) is 3.28. The molecule has 2 N–H and O–H groups in total. The number of hydrogen-bond donors (Lipinski definition) is 2. The Bertz CT molecular complexity index is 1840. The Morgan fingerprint density at radius 2 is 1.74 bits per heavy atom. The second-order valence-corrected chi connectivity index (χ2v) is 11.0. The zero-order valence-corrected chi connectivity index (χ0v) is 21.9. The molecule has 5 rings (SSSR count). The molecule has 0 bridgehead atoms. The molecule has 8 nitrogen and oxygen atoms in total. The molecule has 0 radical (unpaired) electrons. The fourth-order valence-electron chi connectivity index (χ4n) is 4.46. The van der Waals surface area contributed by atoms with Gasteiger partial charge in [0.1, 0.15) is 17.4 Å². The number of rotatable bonds is 7. The monoisotopic (exact) mass is 530 g/mol. The minimum absolute atomic E-state index is 0.0407. The highest BCUT2D eigenvalue weighted by Crippen LogP contribution is 2.29. The van der Waals surface area contributed by atoms with Crippen LogP contribution in [-0.2, 0) is 21.2 Å². The molecule has 2 heterocycles. The largest absolute Gasteiger partial charge is 0.425 e. The lowest BCUT2D eigenvalue weighted by atomic mass is 10.1. The van der Waals surface area contributed by atoms with E-state index < -0.39 is 27.7 Å². The van der Waals surface area contributed by atoms with E-state index in [-0.39, 0.29) is 17.1 Å². The Balaban J connectivity index is 1.51. The van der Waals surface area contributed by atoms with Gasteiger partial charge in [0.2, 0.25) is 10.0 Å². The highest BCUT2D eigenvalue weighted by molar-refractivity contribution is 7.89.